The van der Waals surface area contributed by atoms with Gasteiger partial charge in [0, 0.05) is 29.5 Å². The third kappa shape index (κ3) is 5.12. The smallest absolute Gasteiger partial charge is 0.387 e. The highest BCUT2D eigenvalue weighted by molar-refractivity contribution is 6.03. The highest BCUT2D eigenvalue weighted by Gasteiger charge is 2.21. The van der Waals surface area contributed by atoms with E-state index in [0.29, 0.717) is 11.1 Å². The number of ether oxygens (including phenoxy) is 2. The van der Waals surface area contributed by atoms with Crippen molar-refractivity contribution in [2.24, 2.45) is 0 Å². The number of nitrogens with one attached hydrogen (secondary N) is 1. The van der Waals surface area contributed by atoms with Crippen LogP contribution in [-0.4, -0.2) is 29.2 Å². The summed E-state index contributed by atoms with van der Waals surface area (Å²) in [6.45, 7) is -3.02. The number of rotatable bonds is 7. The number of alkyl halides is 2. The molecule has 0 radical (unpaired) electrons. The van der Waals surface area contributed by atoms with Crippen LogP contribution in [0.2, 0.25) is 0 Å². The number of anilines is 1. The van der Waals surface area contributed by atoms with Crippen molar-refractivity contribution in [3.8, 4) is 34.5 Å². The summed E-state index contributed by atoms with van der Waals surface area (Å²) in [6.07, 6.45) is 1.32. The maximum Gasteiger partial charge on any atom is 0.387 e. The number of benzene rings is 3. The molecule has 0 saturated heterocycles. The molecule has 1 aromatic heterocycles. The fourth-order valence-corrected chi connectivity index (χ4v) is 3.35. The van der Waals surface area contributed by atoms with E-state index in [2.05, 4.69) is 15.0 Å². The fraction of sp³-hybridized carbons (Fsp3) is 0.0800. The van der Waals surface area contributed by atoms with E-state index in [9.17, 15) is 22.4 Å². The zero-order valence-electron chi connectivity index (χ0n) is 18.5. The van der Waals surface area contributed by atoms with E-state index in [0.717, 1.165) is 16.7 Å². The summed E-state index contributed by atoms with van der Waals surface area (Å²) < 4.78 is 64.7. The van der Waals surface area contributed by atoms with Gasteiger partial charge in [-0.15, -0.1) is 0 Å². The Kier molecular flexibility index (Phi) is 6.87. The Morgan fingerprint density at radius 1 is 1.03 bits per heavy atom. The summed E-state index contributed by atoms with van der Waals surface area (Å²) in [7, 11) is 1.26. The van der Waals surface area contributed by atoms with Gasteiger partial charge in [0.25, 0.3) is 5.91 Å². The number of aromatic nitrogens is 2. The maximum absolute atomic E-state index is 14.9. The molecule has 182 valence electrons. The highest BCUT2D eigenvalue weighted by Crippen LogP contribution is 2.30. The lowest BCUT2D eigenvalue weighted by atomic mass is 10.1. The monoisotopic (exact) mass is 496 g/mol. The Hall–Kier alpha value is -4.85. The van der Waals surface area contributed by atoms with Crippen molar-refractivity contribution in [2.75, 3.05) is 12.4 Å². The Balaban J connectivity index is 1.74. The molecule has 0 bridgehead atoms. The quantitative estimate of drug-likeness (QED) is 0.339. The van der Waals surface area contributed by atoms with Gasteiger partial charge < -0.3 is 9.47 Å². The summed E-state index contributed by atoms with van der Waals surface area (Å²) in [6, 6.07) is 15.1. The molecule has 1 amide bonds. The van der Waals surface area contributed by atoms with E-state index >= 15 is 0 Å². The number of hydrogen-bond acceptors (Lipinski definition) is 5. The largest absolute Gasteiger partial charge is 0.497 e. The molecule has 0 aliphatic carbocycles. The highest BCUT2D eigenvalue weighted by atomic mass is 19.3. The molecule has 0 fully saturated rings. The molecule has 0 unspecified atom stereocenters. The van der Waals surface area contributed by atoms with Crippen molar-refractivity contribution in [3.05, 3.63) is 89.6 Å². The number of hydrogen-bond donors (Lipinski definition) is 1. The van der Waals surface area contributed by atoms with E-state index in [1.807, 2.05) is 6.07 Å². The minimum Gasteiger partial charge on any atom is -0.497 e. The maximum atomic E-state index is 14.9. The fourth-order valence-electron chi connectivity index (χ4n) is 3.35. The van der Waals surface area contributed by atoms with E-state index in [1.54, 1.807) is 24.3 Å². The third-order valence-corrected chi connectivity index (χ3v) is 5.05. The van der Waals surface area contributed by atoms with Gasteiger partial charge in [-0.2, -0.15) is 14.0 Å². The molecule has 4 aromatic rings. The molecule has 0 aliphatic rings. The molecule has 0 atom stereocenters. The van der Waals surface area contributed by atoms with Gasteiger partial charge in [0.2, 0.25) is 5.95 Å². The van der Waals surface area contributed by atoms with Crippen molar-refractivity contribution in [1.29, 1.82) is 5.26 Å². The molecule has 0 spiro atoms. The lowest BCUT2D eigenvalue weighted by Gasteiger charge is -2.12. The van der Waals surface area contributed by atoms with Gasteiger partial charge in [0.05, 0.1) is 24.4 Å². The Morgan fingerprint density at radius 2 is 1.67 bits per heavy atom. The zero-order valence-corrected chi connectivity index (χ0v) is 18.5. The van der Waals surface area contributed by atoms with Gasteiger partial charge in [-0.3, -0.25) is 14.7 Å². The second-order valence-corrected chi connectivity index (χ2v) is 7.31. The molecule has 0 saturated carbocycles. The summed E-state index contributed by atoms with van der Waals surface area (Å²) in [5, 5.41) is 11.5. The lowest BCUT2D eigenvalue weighted by Crippen LogP contribution is -2.16. The van der Waals surface area contributed by atoms with E-state index in [-0.39, 0.29) is 28.7 Å². The summed E-state index contributed by atoms with van der Waals surface area (Å²) in [4.78, 5) is 17.2. The van der Waals surface area contributed by atoms with Crippen molar-refractivity contribution < 1.29 is 31.8 Å². The first-order valence-electron chi connectivity index (χ1n) is 10.3. The van der Waals surface area contributed by atoms with Crippen molar-refractivity contribution in [3.63, 3.8) is 0 Å². The molecule has 7 nitrogen and oxygen atoms in total. The van der Waals surface area contributed by atoms with Crippen LogP contribution in [0.15, 0.2) is 66.9 Å². The number of halogens is 4. The van der Waals surface area contributed by atoms with Crippen LogP contribution in [0.3, 0.4) is 0 Å². The normalized spacial score (nSPS) is 10.7. The molecule has 1 heterocycles. The van der Waals surface area contributed by atoms with Crippen LogP contribution >= 0.6 is 0 Å². The van der Waals surface area contributed by atoms with Crippen LogP contribution in [-0.2, 0) is 0 Å². The molecular weight excluding hydrogens is 480 g/mol. The first kappa shape index (κ1) is 24.3. The topological polar surface area (TPSA) is 89.2 Å². The number of carbonyl (C=O) groups excluding carboxylic acids is 1. The second kappa shape index (κ2) is 10.2. The van der Waals surface area contributed by atoms with Crippen LogP contribution in [0.25, 0.3) is 16.9 Å². The van der Waals surface area contributed by atoms with Gasteiger partial charge in [-0.25, -0.2) is 13.8 Å². The number of methoxy groups -OCH3 is 1. The Morgan fingerprint density at radius 3 is 2.22 bits per heavy atom. The SMILES string of the molecule is COc1cc(F)c(-n2cc(-c3ccc(C#N)cc3)nc2NC(=O)c2ccc(OC(F)F)cc2)c(F)c1. The van der Waals surface area contributed by atoms with Crippen molar-refractivity contribution in [1.82, 2.24) is 9.55 Å². The molecule has 11 heteroatoms. The van der Waals surface area contributed by atoms with E-state index in [1.165, 1.54) is 37.6 Å². The van der Waals surface area contributed by atoms with Crippen LogP contribution in [0.4, 0.5) is 23.5 Å². The van der Waals surface area contributed by atoms with Gasteiger partial charge in [-0.1, -0.05) is 12.1 Å². The van der Waals surface area contributed by atoms with Crippen LogP contribution in [0, 0.1) is 23.0 Å². The number of amides is 1. The lowest BCUT2D eigenvalue weighted by molar-refractivity contribution is -0.0498. The van der Waals surface area contributed by atoms with E-state index < -0.39 is 29.8 Å². The summed E-state index contributed by atoms with van der Waals surface area (Å²) in [5.74, 6) is -3.06. The number of carbonyl (C=O) groups is 1. The Bertz CT molecular complexity index is 1420. The number of imidazole rings is 1. The predicted octanol–water partition coefficient (Wildman–Crippen LogP) is 5.55. The third-order valence-electron chi connectivity index (χ3n) is 5.05. The second-order valence-electron chi connectivity index (χ2n) is 7.31. The minimum absolute atomic E-state index is 0.0436. The van der Waals surface area contributed by atoms with Gasteiger partial charge in [0.15, 0.2) is 11.6 Å². The first-order valence-corrected chi connectivity index (χ1v) is 10.3. The van der Waals surface area contributed by atoms with E-state index in [4.69, 9.17) is 10.00 Å². The minimum atomic E-state index is -3.02. The molecule has 1 N–H and O–H groups in total. The van der Waals surface area contributed by atoms with Gasteiger partial charge >= 0.3 is 6.61 Å². The molecule has 36 heavy (non-hydrogen) atoms. The molecular formula is C25H16F4N4O3. The standard InChI is InChI=1S/C25H16F4N4O3/c1-35-18-10-19(26)22(20(27)11-18)33-13-21(15-4-2-14(12-30)3-5-15)31-25(33)32-23(34)16-6-8-17(9-7-16)36-24(28)29/h2-11,13,24H,1H3,(H,31,32,34). The van der Waals surface area contributed by atoms with Crippen LogP contribution < -0.4 is 14.8 Å². The Labute approximate surface area is 202 Å². The van der Waals surface area contributed by atoms with Gasteiger partial charge in [0.1, 0.15) is 17.2 Å². The number of nitrogens with zero attached hydrogens (tertiary/aromatic N) is 3. The van der Waals surface area contributed by atoms with Crippen LogP contribution in [0.5, 0.6) is 11.5 Å². The molecule has 3 aromatic carbocycles. The zero-order chi connectivity index (χ0) is 25.8. The average Bonchev–Trinajstić information content (AvgIpc) is 3.26. The number of nitriles is 1. The van der Waals surface area contributed by atoms with Crippen molar-refractivity contribution >= 4 is 11.9 Å². The molecule has 4 rings (SSSR count). The predicted molar refractivity (Wildman–Crippen MR) is 121 cm³/mol. The summed E-state index contributed by atoms with van der Waals surface area (Å²) in [5.41, 5.74) is 0.718. The summed E-state index contributed by atoms with van der Waals surface area (Å²) >= 11 is 0. The van der Waals surface area contributed by atoms with Gasteiger partial charge in [-0.05, 0) is 36.4 Å². The average molecular weight is 496 g/mol. The van der Waals surface area contributed by atoms with Crippen molar-refractivity contribution in [2.45, 2.75) is 6.61 Å². The van der Waals surface area contributed by atoms with Crippen LogP contribution in [0.1, 0.15) is 15.9 Å². The first-order chi connectivity index (χ1) is 17.3. The molecule has 0 aliphatic heterocycles.